The lowest BCUT2D eigenvalue weighted by Gasteiger charge is -2.09. The molecule has 0 saturated heterocycles. The largest absolute Gasteiger partial charge is 0.398 e. The molecular weight excluding hydrogens is 308 g/mol. The van der Waals surface area contributed by atoms with Gasteiger partial charge in [0.1, 0.15) is 5.82 Å². The van der Waals surface area contributed by atoms with Gasteiger partial charge in [0.2, 0.25) is 0 Å². The lowest BCUT2D eigenvalue weighted by molar-refractivity contribution is 0.626. The average molecular weight is 318 g/mol. The molecule has 0 aromatic heterocycles. The van der Waals surface area contributed by atoms with E-state index in [2.05, 4.69) is 0 Å². The van der Waals surface area contributed by atoms with Crippen molar-refractivity contribution in [3.05, 3.63) is 57.8 Å². The van der Waals surface area contributed by atoms with Gasteiger partial charge in [-0.15, -0.1) is 0 Å². The fourth-order valence-electron chi connectivity index (χ4n) is 1.61. The van der Waals surface area contributed by atoms with E-state index in [4.69, 9.17) is 28.9 Å². The van der Waals surface area contributed by atoms with Crippen molar-refractivity contribution in [2.75, 3.05) is 5.73 Å². The quantitative estimate of drug-likeness (QED) is 0.869. The van der Waals surface area contributed by atoms with Crippen molar-refractivity contribution in [1.29, 1.82) is 0 Å². The Morgan fingerprint density at radius 1 is 1.16 bits per heavy atom. The number of hydrogen-bond acceptors (Lipinski definition) is 2. The van der Waals surface area contributed by atoms with Crippen LogP contribution < -0.4 is 5.73 Å². The highest BCUT2D eigenvalue weighted by molar-refractivity contribution is 7.84. The second-order valence-electron chi connectivity index (χ2n) is 3.88. The van der Waals surface area contributed by atoms with E-state index in [1.54, 1.807) is 18.2 Å². The van der Waals surface area contributed by atoms with Crippen LogP contribution in [0.15, 0.2) is 41.3 Å². The van der Waals surface area contributed by atoms with E-state index in [9.17, 15) is 8.60 Å². The van der Waals surface area contributed by atoms with Crippen LogP contribution in [-0.4, -0.2) is 4.21 Å². The fourth-order valence-corrected chi connectivity index (χ4v) is 3.77. The van der Waals surface area contributed by atoms with Gasteiger partial charge in [-0.2, -0.15) is 0 Å². The van der Waals surface area contributed by atoms with Crippen molar-refractivity contribution in [2.24, 2.45) is 0 Å². The lowest BCUT2D eigenvalue weighted by Crippen LogP contribution is -2.02. The van der Waals surface area contributed by atoms with Crippen molar-refractivity contribution in [3.8, 4) is 0 Å². The Bertz CT molecular complexity index is 628. The lowest BCUT2D eigenvalue weighted by atomic mass is 10.2. The summed E-state index contributed by atoms with van der Waals surface area (Å²) in [6, 6.07) is 8.84. The summed E-state index contributed by atoms with van der Waals surface area (Å²) in [5.41, 5.74) is 6.58. The molecule has 6 heteroatoms. The third-order valence-electron chi connectivity index (χ3n) is 2.54. The Balaban J connectivity index is 2.34. The van der Waals surface area contributed by atoms with Gasteiger partial charge in [0, 0.05) is 5.69 Å². The first kappa shape index (κ1) is 14.3. The van der Waals surface area contributed by atoms with Crippen molar-refractivity contribution < 1.29 is 8.60 Å². The van der Waals surface area contributed by atoms with Crippen LogP contribution in [0.3, 0.4) is 0 Å². The molecule has 2 aromatic rings. The molecule has 0 radical (unpaired) electrons. The topological polar surface area (TPSA) is 43.1 Å². The number of benzene rings is 2. The Labute approximate surface area is 122 Å². The van der Waals surface area contributed by atoms with Crippen LogP contribution in [0.2, 0.25) is 10.0 Å². The summed E-state index contributed by atoms with van der Waals surface area (Å²) < 4.78 is 25.4. The molecule has 100 valence electrons. The number of nitrogen functional groups attached to an aromatic ring is 1. The first-order chi connectivity index (χ1) is 8.99. The normalized spacial score (nSPS) is 12.4. The van der Waals surface area contributed by atoms with E-state index in [-0.39, 0.29) is 5.75 Å². The molecule has 1 unspecified atom stereocenters. The Morgan fingerprint density at radius 3 is 2.42 bits per heavy atom. The zero-order chi connectivity index (χ0) is 14.0. The van der Waals surface area contributed by atoms with E-state index in [0.29, 0.717) is 26.2 Å². The standard InChI is InChI=1S/C13H10Cl2FNOS/c14-10-2-1-3-11(15)13(10)19(18)7-8-6-9(16)4-5-12(8)17/h1-6H,7,17H2. The van der Waals surface area contributed by atoms with Gasteiger partial charge in [0.15, 0.2) is 0 Å². The highest BCUT2D eigenvalue weighted by Gasteiger charge is 2.15. The van der Waals surface area contributed by atoms with E-state index >= 15 is 0 Å². The third-order valence-corrected chi connectivity index (χ3v) is 4.86. The molecule has 2 nitrogen and oxygen atoms in total. The first-order valence-corrected chi connectivity index (χ1v) is 7.43. The van der Waals surface area contributed by atoms with Gasteiger partial charge in [0.25, 0.3) is 0 Å². The molecule has 2 N–H and O–H groups in total. The molecular formula is C13H10Cl2FNOS. The molecule has 0 amide bonds. The maximum atomic E-state index is 13.2. The van der Waals surface area contributed by atoms with Crippen LogP contribution in [-0.2, 0) is 16.6 Å². The predicted octanol–water partition coefficient (Wildman–Crippen LogP) is 4.02. The van der Waals surface area contributed by atoms with Gasteiger partial charge in [-0.1, -0.05) is 29.3 Å². The van der Waals surface area contributed by atoms with E-state index in [1.807, 2.05) is 0 Å². The Morgan fingerprint density at radius 2 is 1.79 bits per heavy atom. The summed E-state index contributed by atoms with van der Waals surface area (Å²) in [4.78, 5) is 0.342. The second kappa shape index (κ2) is 5.90. The molecule has 0 fully saturated rings. The second-order valence-corrected chi connectivity index (χ2v) is 6.09. The maximum Gasteiger partial charge on any atom is 0.123 e. The minimum absolute atomic E-state index is 0.0625. The Kier molecular flexibility index (Phi) is 4.45. The summed E-state index contributed by atoms with van der Waals surface area (Å²) in [5, 5.41) is 0.640. The van der Waals surface area contributed by atoms with E-state index in [0.717, 1.165) is 0 Å². The zero-order valence-corrected chi connectivity index (χ0v) is 12.0. The number of hydrogen-bond donors (Lipinski definition) is 1. The van der Waals surface area contributed by atoms with Crippen molar-refractivity contribution in [2.45, 2.75) is 10.6 Å². The minimum Gasteiger partial charge on any atom is -0.398 e. The van der Waals surface area contributed by atoms with Crippen molar-refractivity contribution >= 4 is 39.7 Å². The van der Waals surface area contributed by atoms with Gasteiger partial charge in [0.05, 0.1) is 31.5 Å². The number of rotatable bonds is 3. The van der Waals surface area contributed by atoms with Crippen LogP contribution in [0.4, 0.5) is 10.1 Å². The SMILES string of the molecule is Nc1ccc(F)cc1CS(=O)c1c(Cl)cccc1Cl. The van der Waals surface area contributed by atoms with Crippen LogP contribution in [0.1, 0.15) is 5.56 Å². The van der Waals surface area contributed by atoms with Crippen LogP contribution in [0, 0.1) is 5.82 Å². The molecule has 0 aliphatic rings. The smallest absolute Gasteiger partial charge is 0.123 e. The molecule has 2 aromatic carbocycles. The van der Waals surface area contributed by atoms with Gasteiger partial charge in [-0.3, -0.25) is 4.21 Å². The minimum atomic E-state index is -1.49. The zero-order valence-electron chi connectivity index (χ0n) is 9.70. The molecule has 0 aliphatic carbocycles. The summed E-state index contributed by atoms with van der Waals surface area (Å²) in [6.07, 6.45) is 0. The molecule has 2 rings (SSSR count). The maximum absolute atomic E-state index is 13.2. The molecule has 1 atom stereocenters. The average Bonchev–Trinajstić information content (AvgIpc) is 2.33. The van der Waals surface area contributed by atoms with E-state index < -0.39 is 16.6 Å². The van der Waals surface area contributed by atoms with Crippen LogP contribution in [0.5, 0.6) is 0 Å². The van der Waals surface area contributed by atoms with Gasteiger partial charge in [-0.25, -0.2) is 4.39 Å². The molecule has 0 spiro atoms. The van der Waals surface area contributed by atoms with Gasteiger partial charge >= 0.3 is 0 Å². The van der Waals surface area contributed by atoms with Gasteiger partial charge < -0.3 is 5.73 Å². The third kappa shape index (κ3) is 3.26. The number of anilines is 1. The Hall–Kier alpha value is -1.10. The first-order valence-electron chi connectivity index (χ1n) is 5.35. The van der Waals surface area contributed by atoms with Crippen LogP contribution in [0.25, 0.3) is 0 Å². The monoisotopic (exact) mass is 317 g/mol. The van der Waals surface area contributed by atoms with E-state index in [1.165, 1.54) is 18.2 Å². The number of nitrogens with two attached hydrogens (primary N) is 1. The summed E-state index contributed by atoms with van der Waals surface area (Å²) in [7, 11) is -1.49. The fraction of sp³-hybridized carbons (Fsp3) is 0.0769. The van der Waals surface area contributed by atoms with Crippen LogP contribution >= 0.6 is 23.2 Å². The molecule has 0 bridgehead atoms. The number of halogens is 3. The van der Waals surface area contributed by atoms with Crippen molar-refractivity contribution in [1.82, 2.24) is 0 Å². The summed E-state index contributed by atoms with van der Waals surface area (Å²) in [6.45, 7) is 0. The predicted molar refractivity (Wildman–Crippen MR) is 77.4 cm³/mol. The van der Waals surface area contributed by atoms with Crippen molar-refractivity contribution in [3.63, 3.8) is 0 Å². The summed E-state index contributed by atoms with van der Waals surface area (Å²) in [5.74, 6) is -0.362. The molecule has 0 saturated carbocycles. The van der Waals surface area contributed by atoms with Gasteiger partial charge in [-0.05, 0) is 35.9 Å². The highest BCUT2D eigenvalue weighted by atomic mass is 35.5. The highest BCUT2D eigenvalue weighted by Crippen LogP contribution is 2.30. The molecule has 0 aliphatic heterocycles. The summed E-state index contributed by atoms with van der Waals surface area (Å²) >= 11 is 12.0. The molecule has 0 heterocycles. The molecule has 19 heavy (non-hydrogen) atoms.